The number of rotatable bonds is 8. The predicted molar refractivity (Wildman–Crippen MR) is 121 cm³/mol. The van der Waals surface area contributed by atoms with Crippen LogP contribution in [0.1, 0.15) is 24.1 Å². The monoisotopic (exact) mass is 486 g/mol. The van der Waals surface area contributed by atoms with Crippen molar-refractivity contribution in [1.82, 2.24) is 9.62 Å². The van der Waals surface area contributed by atoms with Gasteiger partial charge in [0, 0.05) is 11.0 Å². The molecule has 1 unspecified atom stereocenters. The second-order valence-electron chi connectivity index (χ2n) is 6.91. The standard InChI is InChI=1S/C23H23BrN2O3S/c1-18(20-8-4-2-5-9-20)25-23(27)17-26(16-19-12-14-21(24)15-13-19)30(28,29)22-10-6-3-7-11-22/h2-15,18H,16-17H2,1H3,(H,25,27). The summed E-state index contributed by atoms with van der Waals surface area (Å²) in [6.45, 7) is 1.69. The number of nitrogens with zero attached hydrogens (tertiary/aromatic N) is 1. The van der Waals surface area contributed by atoms with E-state index < -0.39 is 10.0 Å². The van der Waals surface area contributed by atoms with Crippen molar-refractivity contribution in [3.8, 4) is 0 Å². The average molecular weight is 487 g/mol. The van der Waals surface area contributed by atoms with Crippen molar-refractivity contribution in [1.29, 1.82) is 0 Å². The maximum Gasteiger partial charge on any atom is 0.243 e. The highest BCUT2D eigenvalue weighted by Gasteiger charge is 2.27. The van der Waals surface area contributed by atoms with Gasteiger partial charge in [-0.05, 0) is 42.3 Å². The molecular formula is C23H23BrN2O3S. The topological polar surface area (TPSA) is 66.5 Å². The second-order valence-corrected chi connectivity index (χ2v) is 9.77. The fourth-order valence-corrected chi connectivity index (χ4v) is 4.70. The fraction of sp³-hybridized carbons (Fsp3) is 0.174. The number of carbonyl (C=O) groups excluding carboxylic acids is 1. The van der Waals surface area contributed by atoms with Gasteiger partial charge in [-0.1, -0.05) is 76.6 Å². The highest BCUT2D eigenvalue weighted by molar-refractivity contribution is 9.10. The SMILES string of the molecule is CC(NC(=O)CN(Cc1ccc(Br)cc1)S(=O)(=O)c1ccccc1)c1ccccc1. The summed E-state index contributed by atoms with van der Waals surface area (Å²) < 4.78 is 28.6. The second kappa shape index (κ2) is 10.0. The van der Waals surface area contributed by atoms with Gasteiger partial charge in [-0.2, -0.15) is 4.31 Å². The summed E-state index contributed by atoms with van der Waals surface area (Å²) in [5.74, 6) is -0.358. The van der Waals surface area contributed by atoms with E-state index in [1.807, 2.05) is 61.5 Å². The van der Waals surface area contributed by atoms with Crippen molar-refractivity contribution in [3.05, 3.63) is 101 Å². The van der Waals surface area contributed by atoms with E-state index in [2.05, 4.69) is 21.2 Å². The lowest BCUT2D eigenvalue weighted by Crippen LogP contribution is -2.41. The normalized spacial score (nSPS) is 12.5. The van der Waals surface area contributed by atoms with Crippen molar-refractivity contribution in [2.24, 2.45) is 0 Å². The quantitative estimate of drug-likeness (QED) is 0.508. The molecule has 0 fully saturated rings. The molecule has 0 aliphatic rings. The van der Waals surface area contributed by atoms with Crippen molar-refractivity contribution in [2.45, 2.75) is 24.4 Å². The Bertz CT molecular complexity index is 1070. The van der Waals surface area contributed by atoms with Crippen molar-refractivity contribution >= 4 is 31.9 Å². The summed E-state index contributed by atoms with van der Waals surface area (Å²) in [5.41, 5.74) is 1.75. The molecule has 0 saturated heterocycles. The first-order valence-corrected chi connectivity index (χ1v) is 11.7. The van der Waals surface area contributed by atoms with Gasteiger partial charge in [0.1, 0.15) is 0 Å². The number of hydrogen-bond donors (Lipinski definition) is 1. The molecule has 3 aromatic rings. The maximum atomic E-state index is 13.2. The Kier molecular flexibility index (Phi) is 7.42. The Labute approximate surface area is 185 Å². The Morgan fingerprint density at radius 1 is 0.933 bits per heavy atom. The number of sulfonamides is 1. The van der Waals surface area contributed by atoms with E-state index in [1.165, 1.54) is 16.4 Å². The van der Waals surface area contributed by atoms with Crippen LogP contribution >= 0.6 is 15.9 Å². The van der Waals surface area contributed by atoms with Gasteiger partial charge in [0.15, 0.2) is 0 Å². The van der Waals surface area contributed by atoms with Crippen LogP contribution in [0.4, 0.5) is 0 Å². The molecule has 3 rings (SSSR count). The third kappa shape index (κ3) is 5.78. The molecule has 1 atom stereocenters. The highest BCUT2D eigenvalue weighted by atomic mass is 79.9. The lowest BCUT2D eigenvalue weighted by atomic mass is 10.1. The summed E-state index contributed by atoms with van der Waals surface area (Å²) in [7, 11) is -3.84. The molecule has 0 spiro atoms. The van der Waals surface area contributed by atoms with Crippen molar-refractivity contribution < 1.29 is 13.2 Å². The zero-order chi connectivity index (χ0) is 21.6. The van der Waals surface area contributed by atoms with E-state index in [9.17, 15) is 13.2 Å². The van der Waals surface area contributed by atoms with Gasteiger partial charge in [-0.25, -0.2) is 8.42 Å². The summed E-state index contributed by atoms with van der Waals surface area (Å²) in [6.07, 6.45) is 0. The van der Waals surface area contributed by atoms with Crippen molar-refractivity contribution in [3.63, 3.8) is 0 Å². The van der Waals surface area contributed by atoms with Crippen LogP contribution in [0.25, 0.3) is 0 Å². The molecule has 156 valence electrons. The van der Waals surface area contributed by atoms with E-state index in [-0.39, 0.29) is 29.9 Å². The van der Waals surface area contributed by atoms with E-state index in [0.29, 0.717) is 0 Å². The Morgan fingerprint density at radius 3 is 2.10 bits per heavy atom. The number of hydrogen-bond acceptors (Lipinski definition) is 3. The highest BCUT2D eigenvalue weighted by Crippen LogP contribution is 2.20. The third-order valence-electron chi connectivity index (χ3n) is 4.65. The van der Waals surface area contributed by atoms with Gasteiger partial charge >= 0.3 is 0 Å². The Morgan fingerprint density at radius 2 is 1.50 bits per heavy atom. The van der Waals surface area contributed by atoms with E-state index in [0.717, 1.165) is 15.6 Å². The molecule has 0 aromatic heterocycles. The number of benzene rings is 3. The lowest BCUT2D eigenvalue weighted by molar-refractivity contribution is -0.122. The summed E-state index contributed by atoms with van der Waals surface area (Å²) in [5, 5.41) is 2.89. The zero-order valence-corrected chi connectivity index (χ0v) is 18.9. The smallest absolute Gasteiger partial charge is 0.243 e. The molecule has 0 radical (unpaired) electrons. The molecule has 1 amide bonds. The number of nitrogens with one attached hydrogen (secondary N) is 1. The minimum Gasteiger partial charge on any atom is -0.348 e. The molecule has 5 nitrogen and oxygen atoms in total. The molecule has 0 aliphatic heterocycles. The van der Waals surface area contributed by atoms with Crippen molar-refractivity contribution in [2.75, 3.05) is 6.54 Å². The molecule has 3 aromatic carbocycles. The van der Waals surface area contributed by atoms with Crippen LogP contribution in [0.15, 0.2) is 94.3 Å². The van der Waals surface area contributed by atoms with Crippen LogP contribution < -0.4 is 5.32 Å². The van der Waals surface area contributed by atoms with Gasteiger partial charge in [-0.3, -0.25) is 4.79 Å². The van der Waals surface area contributed by atoms with Crippen LogP contribution in [-0.2, 0) is 21.4 Å². The summed E-state index contributed by atoms with van der Waals surface area (Å²) in [6, 6.07) is 24.9. The first-order chi connectivity index (χ1) is 14.4. The van der Waals surface area contributed by atoms with Crippen LogP contribution in [0.2, 0.25) is 0 Å². The van der Waals surface area contributed by atoms with Crippen LogP contribution in [0.5, 0.6) is 0 Å². The molecule has 0 heterocycles. The van der Waals surface area contributed by atoms with Gasteiger partial charge in [0.25, 0.3) is 0 Å². The zero-order valence-electron chi connectivity index (χ0n) is 16.5. The largest absolute Gasteiger partial charge is 0.348 e. The predicted octanol–water partition coefficient (Wildman–Crippen LogP) is 4.52. The van der Waals surface area contributed by atoms with E-state index in [1.54, 1.807) is 18.2 Å². The molecule has 30 heavy (non-hydrogen) atoms. The third-order valence-corrected chi connectivity index (χ3v) is 6.98. The first-order valence-electron chi connectivity index (χ1n) is 9.50. The molecule has 0 aliphatic carbocycles. The lowest BCUT2D eigenvalue weighted by Gasteiger charge is -2.23. The molecule has 0 bridgehead atoms. The van der Waals surface area contributed by atoms with Crippen LogP contribution in [0.3, 0.4) is 0 Å². The number of halogens is 1. The first kappa shape index (κ1) is 22.2. The van der Waals surface area contributed by atoms with Gasteiger partial charge in [0.2, 0.25) is 15.9 Å². The molecule has 1 N–H and O–H groups in total. The number of amides is 1. The van der Waals surface area contributed by atoms with Crippen LogP contribution in [-0.4, -0.2) is 25.2 Å². The van der Waals surface area contributed by atoms with Gasteiger partial charge < -0.3 is 5.32 Å². The minimum atomic E-state index is -3.84. The maximum absolute atomic E-state index is 13.2. The fourth-order valence-electron chi connectivity index (χ4n) is 3.03. The van der Waals surface area contributed by atoms with Gasteiger partial charge in [0.05, 0.1) is 17.5 Å². The Hall–Kier alpha value is -2.48. The van der Waals surface area contributed by atoms with Crippen LogP contribution in [0, 0.1) is 0 Å². The Balaban J connectivity index is 1.81. The van der Waals surface area contributed by atoms with Gasteiger partial charge in [-0.15, -0.1) is 0 Å². The van der Waals surface area contributed by atoms with E-state index in [4.69, 9.17) is 0 Å². The average Bonchev–Trinajstić information content (AvgIpc) is 2.76. The van der Waals surface area contributed by atoms with E-state index >= 15 is 0 Å². The molecule has 0 saturated carbocycles. The minimum absolute atomic E-state index is 0.0949. The molecular weight excluding hydrogens is 464 g/mol. The number of carbonyl (C=O) groups is 1. The summed E-state index contributed by atoms with van der Waals surface area (Å²) in [4.78, 5) is 12.9. The summed E-state index contributed by atoms with van der Waals surface area (Å²) >= 11 is 3.38. The molecule has 7 heteroatoms.